The maximum atomic E-state index is 11.7. The van der Waals surface area contributed by atoms with E-state index < -0.39 is 21.8 Å². The quantitative estimate of drug-likeness (QED) is 0.558. The third-order valence-corrected chi connectivity index (χ3v) is 6.47. The van der Waals surface area contributed by atoms with E-state index in [1.807, 2.05) is 6.92 Å². The van der Waals surface area contributed by atoms with Crippen molar-refractivity contribution in [3.8, 4) is 0 Å². The van der Waals surface area contributed by atoms with Gasteiger partial charge in [-0.1, -0.05) is 23.2 Å². The van der Waals surface area contributed by atoms with Crippen molar-refractivity contribution in [2.24, 2.45) is 11.0 Å². The van der Waals surface area contributed by atoms with Crippen LogP contribution in [0.2, 0.25) is 10.0 Å². The Morgan fingerprint density at radius 2 is 1.93 bits per heavy atom. The molecule has 0 fully saturated rings. The molecule has 29 heavy (non-hydrogen) atoms. The van der Waals surface area contributed by atoms with Crippen molar-refractivity contribution < 1.29 is 22.5 Å². The molecule has 1 N–H and O–H groups in total. The summed E-state index contributed by atoms with van der Waals surface area (Å²) >= 11 is 12.2. The Bertz CT molecular complexity index is 1160. The van der Waals surface area contributed by atoms with Gasteiger partial charge in [0, 0.05) is 17.0 Å². The Kier molecular flexibility index (Phi) is 5.06. The summed E-state index contributed by atoms with van der Waals surface area (Å²) in [6.45, 7) is 2.25. The molecular weight excluding hydrogens is 439 g/mol. The molecule has 0 spiro atoms. The summed E-state index contributed by atoms with van der Waals surface area (Å²) in [5, 5.41) is 6.98. The highest BCUT2D eigenvalue weighted by Gasteiger charge is 2.33. The molecule has 2 aliphatic rings. The van der Waals surface area contributed by atoms with Crippen LogP contribution in [0.3, 0.4) is 0 Å². The summed E-state index contributed by atoms with van der Waals surface area (Å²) in [7, 11) is -4.23. The van der Waals surface area contributed by atoms with Crippen LogP contribution >= 0.6 is 23.2 Å². The van der Waals surface area contributed by atoms with Crippen molar-refractivity contribution in [1.29, 1.82) is 0 Å². The average Bonchev–Trinajstić information content (AvgIpc) is 3.20. The molecule has 0 radical (unpaired) electrons. The number of hydrogen-bond acceptors (Lipinski definition) is 6. The second-order valence-electron chi connectivity index (χ2n) is 7.01. The van der Waals surface area contributed by atoms with Crippen LogP contribution in [0.25, 0.3) is 0 Å². The molecule has 2 aromatic carbocycles. The van der Waals surface area contributed by atoms with Gasteiger partial charge in [-0.3, -0.25) is 9.56 Å². The number of halogens is 2. The summed E-state index contributed by atoms with van der Waals surface area (Å²) in [5.41, 5.74) is 3.88. The monoisotopic (exact) mass is 454 g/mol. The van der Waals surface area contributed by atoms with Gasteiger partial charge in [-0.15, -0.1) is 0 Å². The number of esters is 1. The van der Waals surface area contributed by atoms with Crippen LogP contribution in [0.15, 0.2) is 35.4 Å². The number of rotatable bonds is 4. The lowest BCUT2D eigenvalue weighted by Gasteiger charge is -2.16. The van der Waals surface area contributed by atoms with Gasteiger partial charge in [-0.2, -0.15) is 13.5 Å². The van der Waals surface area contributed by atoms with E-state index in [1.165, 1.54) is 0 Å². The lowest BCUT2D eigenvalue weighted by Crippen LogP contribution is -2.27. The highest BCUT2D eigenvalue weighted by atomic mass is 35.5. The number of hydrazone groups is 1. The van der Waals surface area contributed by atoms with E-state index in [0.717, 1.165) is 11.1 Å². The minimum Gasteiger partial charge on any atom is -0.457 e. The molecule has 152 valence electrons. The maximum absolute atomic E-state index is 11.7. The number of ether oxygens (including phenoxy) is 1. The average molecular weight is 455 g/mol. The summed E-state index contributed by atoms with van der Waals surface area (Å²) in [6.07, 6.45) is 0. The van der Waals surface area contributed by atoms with E-state index >= 15 is 0 Å². The summed E-state index contributed by atoms with van der Waals surface area (Å²) in [4.78, 5) is 11.7. The number of aryl methyl sites for hydroxylation is 1. The van der Waals surface area contributed by atoms with Gasteiger partial charge in [-0.05, 0) is 42.8 Å². The normalized spacial score (nSPS) is 18.6. The fraction of sp³-hybridized carbons (Fsp3) is 0.263. The molecule has 0 saturated carbocycles. The molecule has 4 rings (SSSR count). The van der Waals surface area contributed by atoms with E-state index in [4.69, 9.17) is 27.9 Å². The van der Waals surface area contributed by atoms with Crippen molar-refractivity contribution in [2.45, 2.75) is 13.5 Å². The predicted octanol–water partition coefficient (Wildman–Crippen LogP) is 3.70. The SMILES string of the molecule is Cc1cc(Cl)c(Cl)cc1C1=NN(c2ccc3c(c2)COC3=O)CC1CS(=O)(=O)O. The maximum Gasteiger partial charge on any atom is 0.338 e. The van der Waals surface area contributed by atoms with Crippen LogP contribution in [0.5, 0.6) is 0 Å². The van der Waals surface area contributed by atoms with Crippen molar-refractivity contribution in [2.75, 3.05) is 17.3 Å². The molecule has 2 aliphatic heterocycles. The number of benzene rings is 2. The number of cyclic esters (lactones) is 1. The van der Waals surface area contributed by atoms with Gasteiger partial charge >= 0.3 is 5.97 Å². The first-order chi connectivity index (χ1) is 13.6. The summed E-state index contributed by atoms with van der Waals surface area (Å²) in [5.74, 6) is -1.42. The Morgan fingerprint density at radius 3 is 2.66 bits per heavy atom. The number of anilines is 1. The first-order valence-electron chi connectivity index (χ1n) is 8.69. The van der Waals surface area contributed by atoms with E-state index in [9.17, 15) is 17.8 Å². The molecule has 0 saturated heterocycles. The zero-order valence-electron chi connectivity index (χ0n) is 15.2. The molecular formula is C19H16Cl2N2O5S. The van der Waals surface area contributed by atoms with Crippen LogP contribution in [0.1, 0.15) is 27.0 Å². The molecule has 2 aromatic rings. The largest absolute Gasteiger partial charge is 0.457 e. The fourth-order valence-corrected chi connectivity index (χ4v) is 4.73. The Morgan fingerprint density at radius 1 is 1.21 bits per heavy atom. The van der Waals surface area contributed by atoms with Gasteiger partial charge in [0.1, 0.15) is 6.61 Å². The molecule has 1 unspecified atom stereocenters. The van der Waals surface area contributed by atoms with Crippen LogP contribution in [0.4, 0.5) is 5.69 Å². The molecule has 7 nitrogen and oxygen atoms in total. The zero-order chi connectivity index (χ0) is 20.9. The number of nitrogens with zero attached hydrogens (tertiary/aromatic N) is 2. The van der Waals surface area contributed by atoms with Crippen molar-refractivity contribution >= 4 is 50.7 Å². The zero-order valence-corrected chi connectivity index (χ0v) is 17.6. The molecule has 2 heterocycles. The Hall–Kier alpha value is -2.13. The molecule has 10 heteroatoms. The summed E-state index contributed by atoms with van der Waals surface area (Å²) in [6, 6.07) is 8.51. The molecule has 0 amide bonds. The number of carbonyl (C=O) groups is 1. The van der Waals surface area contributed by atoms with Crippen molar-refractivity contribution in [1.82, 2.24) is 0 Å². The smallest absolute Gasteiger partial charge is 0.338 e. The van der Waals surface area contributed by atoms with Gasteiger partial charge in [0.05, 0.1) is 39.3 Å². The second kappa shape index (κ2) is 7.28. The van der Waals surface area contributed by atoms with E-state index in [1.54, 1.807) is 35.3 Å². The van der Waals surface area contributed by atoms with Crippen LogP contribution in [-0.4, -0.2) is 36.9 Å². The summed E-state index contributed by atoms with van der Waals surface area (Å²) < 4.78 is 37.6. The van der Waals surface area contributed by atoms with E-state index in [-0.39, 0.29) is 19.1 Å². The first kappa shape index (κ1) is 20.2. The lowest BCUT2D eigenvalue weighted by molar-refractivity contribution is 0.0535. The molecule has 0 aliphatic carbocycles. The van der Waals surface area contributed by atoms with Gasteiger partial charge in [0.25, 0.3) is 10.1 Å². The highest BCUT2D eigenvalue weighted by molar-refractivity contribution is 7.85. The highest BCUT2D eigenvalue weighted by Crippen LogP contribution is 2.33. The molecule has 1 atom stereocenters. The second-order valence-corrected chi connectivity index (χ2v) is 9.32. The topological polar surface area (TPSA) is 96.3 Å². The van der Waals surface area contributed by atoms with Gasteiger partial charge in [-0.25, -0.2) is 4.79 Å². The van der Waals surface area contributed by atoms with E-state index in [2.05, 4.69) is 5.10 Å². The predicted molar refractivity (Wildman–Crippen MR) is 111 cm³/mol. The van der Waals surface area contributed by atoms with Crippen LogP contribution in [0, 0.1) is 12.8 Å². The lowest BCUT2D eigenvalue weighted by atomic mass is 9.95. The third kappa shape index (κ3) is 3.98. The Balaban J connectivity index is 1.76. The fourth-order valence-electron chi connectivity index (χ4n) is 3.57. The van der Waals surface area contributed by atoms with Crippen LogP contribution < -0.4 is 5.01 Å². The number of carbonyl (C=O) groups excluding carboxylic acids is 1. The number of hydrogen-bond donors (Lipinski definition) is 1. The van der Waals surface area contributed by atoms with Gasteiger partial charge in [0.15, 0.2) is 0 Å². The molecule has 0 bridgehead atoms. The number of fused-ring (bicyclic) bond motifs is 1. The molecule has 0 aromatic heterocycles. The minimum absolute atomic E-state index is 0.187. The minimum atomic E-state index is -4.23. The Labute approximate surface area is 177 Å². The van der Waals surface area contributed by atoms with Crippen molar-refractivity contribution in [3.63, 3.8) is 0 Å². The van der Waals surface area contributed by atoms with Gasteiger partial charge < -0.3 is 4.74 Å². The van der Waals surface area contributed by atoms with Crippen LogP contribution in [-0.2, 0) is 21.5 Å². The van der Waals surface area contributed by atoms with Gasteiger partial charge in [0.2, 0.25) is 0 Å². The first-order valence-corrected chi connectivity index (χ1v) is 11.1. The van der Waals surface area contributed by atoms with E-state index in [0.29, 0.717) is 32.6 Å². The van der Waals surface area contributed by atoms with Crippen molar-refractivity contribution in [3.05, 3.63) is 62.6 Å². The third-order valence-electron chi connectivity index (χ3n) is 4.93. The standard InChI is InChI=1S/C19H16Cl2N2O5S/c1-10-4-16(20)17(21)6-15(10)18-12(9-29(25,26)27)7-23(22-18)13-2-3-14-11(5-13)8-28-19(14)24/h2-6,12H,7-9H2,1H3,(H,25,26,27).